The van der Waals surface area contributed by atoms with Gasteiger partial charge < -0.3 is 14.2 Å². The molecule has 35 heavy (non-hydrogen) atoms. The summed E-state index contributed by atoms with van der Waals surface area (Å²) in [6.07, 6.45) is 5.03. The number of fused-ring (bicyclic) bond motifs is 1. The third-order valence-electron chi connectivity index (χ3n) is 7.04. The maximum Gasteiger partial charge on any atom is 0.256 e. The lowest BCUT2D eigenvalue weighted by molar-refractivity contribution is 0.0699. The quantitative estimate of drug-likeness (QED) is 0.529. The van der Waals surface area contributed by atoms with Crippen molar-refractivity contribution >= 4 is 32.7 Å². The minimum Gasteiger partial charge on any atom is -0.440 e. The van der Waals surface area contributed by atoms with Gasteiger partial charge in [0.15, 0.2) is 11.5 Å². The van der Waals surface area contributed by atoms with Crippen LogP contribution >= 0.6 is 0 Å². The van der Waals surface area contributed by atoms with E-state index in [0.717, 1.165) is 55.6 Å². The van der Waals surface area contributed by atoms with Crippen LogP contribution in [0.5, 0.6) is 0 Å². The average Bonchev–Trinajstić information content (AvgIpc) is 3.33. The summed E-state index contributed by atoms with van der Waals surface area (Å²) in [5, 5.41) is 0. The fourth-order valence-corrected chi connectivity index (χ4v) is 5.99. The second-order valence-electron chi connectivity index (χ2n) is 9.62. The van der Waals surface area contributed by atoms with Crippen molar-refractivity contribution in [2.45, 2.75) is 42.9 Å². The highest BCUT2D eigenvalue weighted by molar-refractivity contribution is 7.89. The number of hydrogen-bond acceptors (Lipinski definition) is 6. The normalized spacial score (nSPS) is 19.5. The van der Waals surface area contributed by atoms with Crippen molar-refractivity contribution in [3.05, 3.63) is 53.9 Å². The molecule has 0 radical (unpaired) electrons. The third-order valence-corrected chi connectivity index (χ3v) is 8.85. The Kier molecular flexibility index (Phi) is 6.55. The molecule has 1 unspecified atom stereocenters. The Balaban J connectivity index is 1.47. The van der Waals surface area contributed by atoms with Crippen LogP contribution in [-0.2, 0) is 10.0 Å². The van der Waals surface area contributed by atoms with E-state index in [4.69, 9.17) is 4.42 Å². The Morgan fingerprint density at radius 2 is 1.80 bits per heavy atom. The molecule has 2 aliphatic rings. The number of carbonyl (C=O) groups excluding carboxylic acids is 1. The Morgan fingerprint density at radius 3 is 2.54 bits per heavy atom. The van der Waals surface area contributed by atoms with Gasteiger partial charge in [0.05, 0.1) is 16.4 Å². The number of rotatable bonds is 5. The minimum atomic E-state index is -3.66. The molecule has 186 valence electrons. The smallest absolute Gasteiger partial charge is 0.256 e. The van der Waals surface area contributed by atoms with Crippen LogP contribution in [0.4, 0.5) is 5.69 Å². The zero-order chi connectivity index (χ0) is 24.6. The number of sulfonamides is 1. The van der Waals surface area contributed by atoms with E-state index in [1.165, 1.54) is 24.8 Å². The predicted octanol–water partition coefficient (Wildman–Crippen LogP) is 4.09. The molecule has 2 aromatic carbocycles. The van der Waals surface area contributed by atoms with Crippen LogP contribution in [0, 0.1) is 0 Å². The van der Waals surface area contributed by atoms with Crippen LogP contribution in [-0.4, -0.2) is 68.8 Å². The summed E-state index contributed by atoms with van der Waals surface area (Å²) in [4.78, 5) is 22.7. The molecule has 1 atom stereocenters. The molecular weight excluding hydrogens is 464 g/mol. The molecule has 2 aliphatic heterocycles. The number of piperidine rings is 2. The molecule has 2 saturated heterocycles. The van der Waals surface area contributed by atoms with Crippen molar-refractivity contribution < 1.29 is 17.6 Å². The number of benzene rings is 2. The van der Waals surface area contributed by atoms with Crippen molar-refractivity contribution in [2.24, 2.45) is 0 Å². The molecule has 0 aliphatic carbocycles. The molecule has 2 fully saturated rings. The number of nitrogens with zero attached hydrogens (tertiary/aromatic N) is 4. The van der Waals surface area contributed by atoms with Gasteiger partial charge in [-0.2, -0.15) is 0 Å². The van der Waals surface area contributed by atoms with Gasteiger partial charge in [-0.15, -0.1) is 0 Å². The van der Waals surface area contributed by atoms with Crippen molar-refractivity contribution in [2.75, 3.05) is 45.2 Å². The van der Waals surface area contributed by atoms with Crippen LogP contribution in [0.25, 0.3) is 11.1 Å². The van der Waals surface area contributed by atoms with Gasteiger partial charge >= 0.3 is 0 Å². The lowest BCUT2D eigenvalue weighted by Gasteiger charge is -2.34. The first-order valence-electron chi connectivity index (χ1n) is 12.3. The Bertz CT molecular complexity index is 1300. The number of likely N-dealkylation sites (tertiary alicyclic amines) is 1. The highest BCUT2D eigenvalue weighted by Gasteiger charge is 2.31. The zero-order valence-electron chi connectivity index (χ0n) is 20.3. The van der Waals surface area contributed by atoms with Gasteiger partial charge in [0.25, 0.3) is 5.91 Å². The number of anilines is 1. The van der Waals surface area contributed by atoms with Crippen molar-refractivity contribution in [1.29, 1.82) is 0 Å². The fourth-order valence-electron chi connectivity index (χ4n) is 5.07. The number of aromatic nitrogens is 1. The molecule has 8 nitrogen and oxygen atoms in total. The van der Waals surface area contributed by atoms with Crippen molar-refractivity contribution in [1.82, 2.24) is 14.2 Å². The Morgan fingerprint density at radius 1 is 1.03 bits per heavy atom. The van der Waals surface area contributed by atoms with E-state index in [1.807, 2.05) is 29.2 Å². The molecule has 9 heteroatoms. The summed E-state index contributed by atoms with van der Waals surface area (Å²) in [6.45, 7) is 2.85. The van der Waals surface area contributed by atoms with Gasteiger partial charge in [-0.25, -0.2) is 17.7 Å². The van der Waals surface area contributed by atoms with E-state index in [0.29, 0.717) is 24.5 Å². The molecule has 0 spiro atoms. The molecule has 3 heterocycles. The summed E-state index contributed by atoms with van der Waals surface area (Å²) < 4.78 is 32.9. The van der Waals surface area contributed by atoms with E-state index >= 15 is 0 Å². The van der Waals surface area contributed by atoms with Crippen LogP contribution in [0.3, 0.4) is 0 Å². The van der Waals surface area contributed by atoms with Gasteiger partial charge in [0.1, 0.15) is 5.52 Å². The lowest BCUT2D eigenvalue weighted by Crippen LogP contribution is -2.40. The van der Waals surface area contributed by atoms with E-state index in [2.05, 4.69) is 9.88 Å². The number of hydrogen-bond donors (Lipinski definition) is 0. The van der Waals surface area contributed by atoms with E-state index in [-0.39, 0.29) is 16.7 Å². The number of oxazole rings is 1. The maximum absolute atomic E-state index is 13.9. The number of para-hydroxylation sites is 2. The molecular formula is C26H32N4O4S. The highest BCUT2D eigenvalue weighted by Crippen LogP contribution is 2.33. The summed E-state index contributed by atoms with van der Waals surface area (Å²) in [7, 11) is -0.651. The van der Waals surface area contributed by atoms with E-state index < -0.39 is 10.0 Å². The first-order chi connectivity index (χ1) is 16.8. The van der Waals surface area contributed by atoms with Crippen LogP contribution < -0.4 is 4.90 Å². The topological polar surface area (TPSA) is 87.0 Å². The number of amides is 1. The Hall–Kier alpha value is -2.91. The molecule has 0 bridgehead atoms. The highest BCUT2D eigenvalue weighted by atomic mass is 32.2. The molecule has 1 aromatic heterocycles. The second-order valence-corrected chi connectivity index (χ2v) is 11.8. The van der Waals surface area contributed by atoms with E-state index in [9.17, 15) is 13.2 Å². The minimum absolute atomic E-state index is 0.00669. The van der Waals surface area contributed by atoms with Crippen LogP contribution in [0.2, 0.25) is 0 Å². The summed E-state index contributed by atoms with van der Waals surface area (Å²) in [5.41, 5.74) is 2.84. The molecule has 0 N–H and O–H groups in total. The van der Waals surface area contributed by atoms with Gasteiger partial charge in [-0.3, -0.25) is 4.79 Å². The standard InChI is InChI=1S/C26H32N4O4S/c1-28(2)35(32,33)20-12-13-23(29-14-6-3-7-15-29)21(17-20)26(31)30-16-8-9-19(18-30)25-27-22-10-4-5-11-24(22)34-25/h4-5,10-13,17,19H,3,6-9,14-16,18H2,1-2H3. The second kappa shape index (κ2) is 9.62. The first kappa shape index (κ1) is 23.8. The lowest BCUT2D eigenvalue weighted by atomic mass is 9.97. The third kappa shape index (κ3) is 4.67. The maximum atomic E-state index is 13.9. The zero-order valence-corrected chi connectivity index (χ0v) is 21.1. The van der Waals surface area contributed by atoms with Crippen LogP contribution in [0.1, 0.15) is 54.3 Å². The van der Waals surface area contributed by atoms with E-state index in [1.54, 1.807) is 18.2 Å². The average molecular weight is 497 g/mol. The van der Waals surface area contributed by atoms with Crippen LogP contribution in [0.15, 0.2) is 51.8 Å². The van der Waals surface area contributed by atoms with Crippen molar-refractivity contribution in [3.8, 4) is 0 Å². The van der Waals surface area contributed by atoms with Gasteiger partial charge in [0, 0.05) is 46.0 Å². The summed E-state index contributed by atoms with van der Waals surface area (Å²) in [6, 6.07) is 12.7. The number of carbonyl (C=O) groups is 1. The van der Waals surface area contributed by atoms with Crippen molar-refractivity contribution in [3.63, 3.8) is 0 Å². The monoisotopic (exact) mass is 496 g/mol. The summed E-state index contributed by atoms with van der Waals surface area (Å²) >= 11 is 0. The molecule has 3 aromatic rings. The fraction of sp³-hybridized carbons (Fsp3) is 0.462. The molecule has 0 saturated carbocycles. The predicted molar refractivity (Wildman–Crippen MR) is 135 cm³/mol. The van der Waals surface area contributed by atoms with Gasteiger partial charge in [0.2, 0.25) is 10.0 Å². The summed E-state index contributed by atoms with van der Waals surface area (Å²) in [5.74, 6) is 0.526. The molecule has 1 amide bonds. The van der Waals surface area contributed by atoms with Gasteiger partial charge in [-0.05, 0) is 62.4 Å². The Labute approximate surface area is 206 Å². The molecule has 5 rings (SSSR count). The SMILES string of the molecule is CN(C)S(=O)(=O)c1ccc(N2CCCCC2)c(C(=O)N2CCCC(c3nc4ccccc4o3)C2)c1. The van der Waals surface area contributed by atoms with Gasteiger partial charge in [-0.1, -0.05) is 12.1 Å². The largest absolute Gasteiger partial charge is 0.440 e. The first-order valence-corrected chi connectivity index (χ1v) is 13.7.